The molecule has 2 rings (SSSR count). The quantitative estimate of drug-likeness (QED) is 0.854. The third-order valence-corrected chi connectivity index (χ3v) is 3.17. The van der Waals surface area contributed by atoms with Crippen molar-refractivity contribution in [3.8, 4) is 0 Å². The third-order valence-electron chi connectivity index (χ3n) is 2.95. The molecule has 0 saturated carbocycles. The van der Waals surface area contributed by atoms with Gasteiger partial charge >= 0.3 is 0 Å². The largest absolute Gasteiger partial charge is 0.356 e. The highest BCUT2D eigenvalue weighted by Crippen LogP contribution is 2.16. The highest BCUT2D eigenvalue weighted by Gasteiger charge is 2.12. The normalized spacial score (nSPS) is 12.0. The number of thiocarbonyl (C=S) groups is 1. The number of aromatic nitrogens is 2. The van der Waals surface area contributed by atoms with Crippen molar-refractivity contribution in [2.75, 3.05) is 5.32 Å². The third kappa shape index (κ3) is 3.54. The molecule has 0 radical (unpaired) electrons. The molecule has 0 aliphatic heterocycles. The molecule has 0 saturated heterocycles. The second-order valence-corrected chi connectivity index (χ2v) is 5.08. The van der Waals surface area contributed by atoms with Gasteiger partial charge in [0, 0.05) is 24.5 Å². The summed E-state index contributed by atoms with van der Waals surface area (Å²) < 4.78 is 14.9. The number of aryl methyl sites for hydroxylation is 2. The van der Waals surface area contributed by atoms with Crippen LogP contribution in [-0.2, 0) is 7.05 Å². The van der Waals surface area contributed by atoms with Gasteiger partial charge in [0.2, 0.25) is 0 Å². The van der Waals surface area contributed by atoms with Gasteiger partial charge in [-0.2, -0.15) is 5.10 Å². The minimum absolute atomic E-state index is 0.0252. The van der Waals surface area contributed by atoms with Crippen molar-refractivity contribution in [2.45, 2.75) is 19.9 Å². The molecule has 0 aliphatic carbocycles. The Morgan fingerprint density at radius 2 is 2.20 bits per heavy atom. The van der Waals surface area contributed by atoms with Gasteiger partial charge in [-0.05, 0) is 44.3 Å². The zero-order chi connectivity index (χ0) is 14.7. The van der Waals surface area contributed by atoms with E-state index in [2.05, 4.69) is 15.7 Å². The van der Waals surface area contributed by atoms with E-state index in [9.17, 15) is 4.39 Å². The Balaban J connectivity index is 1.99. The topological polar surface area (TPSA) is 41.9 Å². The molecule has 1 aromatic carbocycles. The van der Waals surface area contributed by atoms with Crippen LogP contribution in [-0.4, -0.2) is 14.9 Å². The van der Waals surface area contributed by atoms with Crippen molar-refractivity contribution < 1.29 is 4.39 Å². The summed E-state index contributed by atoms with van der Waals surface area (Å²) in [5.74, 6) is -0.297. The number of benzene rings is 1. The summed E-state index contributed by atoms with van der Waals surface area (Å²) in [6, 6.07) is 6.21. The summed E-state index contributed by atoms with van der Waals surface area (Å²) in [5.41, 5.74) is 2.66. The SMILES string of the molecule is Cc1nn(C)cc1C(C)NC(=S)Nc1cccc(F)c1. The Bertz CT molecular complexity index is 623. The molecule has 106 valence electrons. The van der Waals surface area contributed by atoms with Crippen LogP contribution in [0.5, 0.6) is 0 Å². The van der Waals surface area contributed by atoms with Crippen molar-refractivity contribution in [1.82, 2.24) is 15.1 Å². The van der Waals surface area contributed by atoms with Crippen molar-refractivity contribution in [1.29, 1.82) is 0 Å². The number of nitrogens with one attached hydrogen (secondary N) is 2. The molecule has 0 aliphatic rings. The van der Waals surface area contributed by atoms with Gasteiger partial charge in [0.25, 0.3) is 0 Å². The molecular formula is C14H17FN4S. The summed E-state index contributed by atoms with van der Waals surface area (Å²) >= 11 is 5.23. The molecule has 0 spiro atoms. The maximum absolute atomic E-state index is 13.1. The number of halogens is 1. The van der Waals surface area contributed by atoms with Gasteiger partial charge in [0.15, 0.2) is 5.11 Å². The lowest BCUT2D eigenvalue weighted by Gasteiger charge is -2.16. The predicted octanol–water partition coefficient (Wildman–Crippen LogP) is 2.92. The molecule has 0 fully saturated rings. The fourth-order valence-corrected chi connectivity index (χ4v) is 2.35. The van der Waals surface area contributed by atoms with Crippen LogP contribution >= 0.6 is 12.2 Å². The van der Waals surface area contributed by atoms with Gasteiger partial charge in [-0.15, -0.1) is 0 Å². The number of anilines is 1. The second kappa shape index (κ2) is 6.00. The number of nitrogens with zero attached hydrogens (tertiary/aromatic N) is 2. The fourth-order valence-electron chi connectivity index (χ4n) is 2.05. The zero-order valence-electron chi connectivity index (χ0n) is 11.6. The summed E-state index contributed by atoms with van der Waals surface area (Å²) in [7, 11) is 1.88. The Morgan fingerprint density at radius 1 is 1.45 bits per heavy atom. The number of hydrogen-bond acceptors (Lipinski definition) is 2. The molecule has 1 atom stereocenters. The molecule has 0 bridgehead atoms. The summed E-state index contributed by atoms with van der Waals surface area (Å²) in [5, 5.41) is 10.9. The van der Waals surface area contributed by atoms with E-state index in [1.165, 1.54) is 12.1 Å². The second-order valence-electron chi connectivity index (χ2n) is 4.67. The van der Waals surface area contributed by atoms with E-state index in [0.29, 0.717) is 10.8 Å². The van der Waals surface area contributed by atoms with E-state index in [-0.39, 0.29) is 11.9 Å². The molecule has 1 unspecified atom stereocenters. The first-order chi connectivity index (χ1) is 9.45. The van der Waals surface area contributed by atoms with E-state index < -0.39 is 0 Å². The molecular weight excluding hydrogens is 275 g/mol. The molecule has 6 heteroatoms. The first kappa shape index (κ1) is 14.5. The Hall–Kier alpha value is -1.95. The van der Waals surface area contributed by atoms with Crippen LogP contribution in [0.25, 0.3) is 0 Å². The van der Waals surface area contributed by atoms with Crippen molar-refractivity contribution >= 4 is 23.0 Å². The van der Waals surface area contributed by atoms with Crippen molar-refractivity contribution in [3.63, 3.8) is 0 Å². The minimum Gasteiger partial charge on any atom is -0.356 e. The first-order valence-electron chi connectivity index (χ1n) is 6.29. The standard InChI is InChI=1S/C14H17FN4S/c1-9(13-8-19(3)18-10(13)2)16-14(20)17-12-6-4-5-11(15)7-12/h4-9H,1-3H3,(H2,16,17,20). The predicted molar refractivity (Wildman–Crippen MR) is 82.1 cm³/mol. The maximum Gasteiger partial charge on any atom is 0.171 e. The lowest BCUT2D eigenvalue weighted by atomic mass is 10.1. The van der Waals surface area contributed by atoms with Crippen LogP contribution in [0, 0.1) is 12.7 Å². The highest BCUT2D eigenvalue weighted by molar-refractivity contribution is 7.80. The summed E-state index contributed by atoms with van der Waals surface area (Å²) in [6.07, 6.45) is 1.96. The Labute approximate surface area is 123 Å². The van der Waals surface area contributed by atoms with Crippen molar-refractivity contribution in [2.24, 2.45) is 7.05 Å². The maximum atomic E-state index is 13.1. The van der Waals surface area contributed by atoms with Gasteiger partial charge in [-0.1, -0.05) is 6.07 Å². The summed E-state index contributed by atoms with van der Waals surface area (Å²) in [6.45, 7) is 3.96. The molecule has 4 nitrogen and oxygen atoms in total. The van der Waals surface area contributed by atoms with Gasteiger partial charge in [0.1, 0.15) is 5.82 Å². The van der Waals surface area contributed by atoms with Crippen LogP contribution < -0.4 is 10.6 Å². The molecule has 2 N–H and O–H groups in total. The van der Waals surface area contributed by atoms with E-state index in [4.69, 9.17) is 12.2 Å². The first-order valence-corrected chi connectivity index (χ1v) is 6.70. The smallest absolute Gasteiger partial charge is 0.171 e. The van der Waals surface area contributed by atoms with E-state index in [1.54, 1.807) is 16.8 Å². The van der Waals surface area contributed by atoms with Crippen LogP contribution in [0.15, 0.2) is 30.5 Å². The van der Waals surface area contributed by atoms with Crippen LogP contribution in [0.1, 0.15) is 24.2 Å². The lowest BCUT2D eigenvalue weighted by Crippen LogP contribution is -2.31. The Kier molecular flexibility index (Phi) is 4.34. The minimum atomic E-state index is -0.297. The molecule has 0 amide bonds. The average molecular weight is 292 g/mol. The van der Waals surface area contributed by atoms with Gasteiger partial charge < -0.3 is 10.6 Å². The zero-order valence-corrected chi connectivity index (χ0v) is 12.5. The fraction of sp³-hybridized carbons (Fsp3) is 0.286. The summed E-state index contributed by atoms with van der Waals surface area (Å²) in [4.78, 5) is 0. The van der Waals surface area contributed by atoms with Crippen molar-refractivity contribution in [3.05, 3.63) is 47.5 Å². The van der Waals surface area contributed by atoms with Gasteiger partial charge in [-0.3, -0.25) is 4.68 Å². The molecule has 20 heavy (non-hydrogen) atoms. The lowest BCUT2D eigenvalue weighted by molar-refractivity contribution is 0.628. The molecule has 1 aromatic heterocycles. The van der Waals surface area contributed by atoms with Gasteiger partial charge in [0.05, 0.1) is 11.7 Å². The van der Waals surface area contributed by atoms with Crippen LogP contribution in [0.2, 0.25) is 0 Å². The number of hydrogen-bond donors (Lipinski definition) is 2. The van der Waals surface area contributed by atoms with E-state index in [1.807, 2.05) is 27.1 Å². The molecule has 2 aromatic rings. The van der Waals surface area contributed by atoms with Crippen LogP contribution in [0.3, 0.4) is 0 Å². The van der Waals surface area contributed by atoms with E-state index >= 15 is 0 Å². The average Bonchev–Trinajstić information content (AvgIpc) is 2.68. The molecule has 1 heterocycles. The Morgan fingerprint density at radius 3 is 2.80 bits per heavy atom. The highest BCUT2D eigenvalue weighted by atomic mass is 32.1. The number of rotatable bonds is 3. The monoisotopic (exact) mass is 292 g/mol. The van der Waals surface area contributed by atoms with E-state index in [0.717, 1.165) is 11.3 Å². The van der Waals surface area contributed by atoms with Gasteiger partial charge in [-0.25, -0.2) is 4.39 Å². The van der Waals surface area contributed by atoms with Crippen LogP contribution in [0.4, 0.5) is 10.1 Å².